The van der Waals surface area contributed by atoms with E-state index in [2.05, 4.69) is 43.5 Å². The van der Waals surface area contributed by atoms with Crippen LogP contribution in [0.4, 0.5) is 0 Å². The first-order valence-corrected chi connectivity index (χ1v) is 32.6. The topological polar surface area (TPSA) is 95.9 Å². The quantitative estimate of drug-likeness (QED) is 0.0320. The van der Waals surface area contributed by atoms with Crippen molar-refractivity contribution >= 4 is 11.9 Å². The zero-order valence-corrected chi connectivity index (χ0v) is 48.7. The van der Waals surface area contributed by atoms with Crippen molar-refractivity contribution in [1.82, 2.24) is 5.32 Å². The fourth-order valence-electron chi connectivity index (χ4n) is 10.3. The Morgan fingerprint density at radius 3 is 1.06 bits per heavy atom. The molecule has 0 aliphatic rings. The molecule has 0 aromatic rings. The van der Waals surface area contributed by atoms with Gasteiger partial charge in [0, 0.05) is 12.8 Å². The van der Waals surface area contributed by atoms with Crippen LogP contribution in [-0.4, -0.2) is 47.4 Å². The molecule has 0 saturated heterocycles. The van der Waals surface area contributed by atoms with Gasteiger partial charge in [-0.05, 0) is 57.8 Å². The number of rotatable bonds is 61. The molecular formula is C66H127NO5. The van der Waals surface area contributed by atoms with Gasteiger partial charge in [-0.2, -0.15) is 0 Å². The third-order valence-corrected chi connectivity index (χ3v) is 15.3. The van der Waals surface area contributed by atoms with Crippen LogP contribution in [-0.2, 0) is 14.3 Å². The minimum absolute atomic E-state index is 0.0118. The lowest BCUT2D eigenvalue weighted by Crippen LogP contribution is -2.45. The van der Waals surface area contributed by atoms with E-state index < -0.39 is 12.1 Å². The molecule has 0 heterocycles. The van der Waals surface area contributed by atoms with E-state index in [0.717, 1.165) is 44.9 Å². The van der Waals surface area contributed by atoms with Gasteiger partial charge in [0.25, 0.3) is 0 Å². The molecule has 1 amide bonds. The highest BCUT2D eigenvalue weighted by molar-refractivity contribution is 5.76. The van der Waals surface area contributed by atoms with Crippen molar-refractivity contribution in [1.29, 1.82) is 0 Å². The lowest BCUT2D eigenvalue weighted by Gasteiger charge is -2.22. The second-order valence-electron chi connectivity index (χ2n) is 22.5. The number of aliphatic hydroxyl groups excluding tert-OH is 2. The van der Waals surface area contributed by atoms with Crippen molar-refractivity contribution in [2.24, 2.45) is 0 Å². The van der Waals surface area contributed by atoms with E-state index in [4.69, 9.17) is 4.74 Å². The Morgan fingerprint density at radius 1 is 0.389 bits per heavy atom. The molecule has 2 atom stereocenters. The maximum absolute atomic E-state index is 12.5. The molecule has 0 aliphatic carbocycles. The van der Waals surface area contributed by atoms with Crippen LogP contribution in [0.3, 0.4) is 0 Å². The minimum Gasteiger partial charge on any atom is -0.466 e. The number of aliphatic hydroxyl groups is 2. The van der Waals surface area contributed by atoms with Crippen molar-refractivity contribution in [2.75, 3.05) is 13.2 Å². The van der Waals surface area contributed by atoms with Crippen molar-refractivity contribution in [2.45, 2.75) is 373 Å². The predicted molar refractivity (Wildman–Crippen MR) is 315 cm³/mol. The third kappa shape index (κ3) is 57.6. The number of carbonyl (C=O) groups is 2. The fraction of sp³-hybridized carbons (Fsp3) is 0.909. The predicted octanol–water partition coefficient (Wildman–Crippen LogP) is 20.6. The highest BCUT2D eigenvalue weighted by Gasteiger charge is 2.20. The molecule has 0 spiro atoms. The molecule has 0 aromatic carbocycles. The molecule has 6 heteroatoms. The van der Waals surface area contributed by atoms with Gasteiger partial charge in [0.2, 0.25) is 5.91 Å². The van der Waals surface area contributed by atoms with Crippen LogP contribution >= 0.6 is 0 Å². The average molecular weight is 1010 g/mol. The standard InChI is InChI=1S/C66H127NO5/c1-3-5-7-9-11-13-15-17-18-32-35-38-42-46-50-54-58-64(69)63(62-68)67-65(70)59-55-51-47-43-39-36-33-30-28-26-24-22-20-19-21-23-25-27-29-31-34-37-41-45-49-53-57-61-72-66(71)60-56-52-48-44-40-16-14-12-10-8-6-4-2/h19-20,23,25,63-64,68-69H,3-18,21-22,24,26-62H2,1-2H3,(H,67,70)/b20-19-,25-23-. The molecule has 0 aromatic heterocycles. The van der Waals surface area contributed by atoms with Gasteiger partial charge in [-0.3, -0.25) is 9.59 Å². The molecule has 72 heavy (non-hydrogen) atoms. The van der Waals surface area contributed by atoms with Gasteiger partial charge >= 0.3 is 5.97 Å². The van der Waals surface area contributed by atoms with E-state index in [0.29, 0.717) is 25.9 Å². The number of ether oxygens (including phenoxy) is 1. The second-order valence-corrected chi connectivity index (χ2v) is 22.5. The van der Waals surface area contributed by atoms with Crippen molar-refractivity contribution in [3.8, 4) is 0 Å². The van der Waals surface area contributed by atoms with Gasteiger partial charge in [0.1, 0.15) is 0 Å². The maximum Gasteiger partial charge on any atom is 0.305 e. The van der Waals surface area contributed by atoms with Gasteiger partial charge in [-0.25, -0.2) is 0 Å². The lowest BCUT2D eigenvalue weighted by molar-refractivity contribution is -0.143. The average Bonchev–Trinajstić information content (AvgIpc) is 3.38. The Kier molecular flexibility index (Phi) is 60.5. The Morgan fingerprint density at radius 2 is 0.694 bits per heavy atom. The summed E-state index contributed by atoms with van der Waals surface area (Å²) in [6.07, 6.45) is 76.3. The van der Waals surface area contributed by atoms with E-state index in [1.54, 1.807) is 0 Å². The number of hydrogen-bond donors (Lipinski definition) is 3. The lowest BCUT2D eigenvalue weighted by atomic mass is 10.0. The zero-order chi connectivity index (χ0) is 52.2. The molecule has 0 radical (unpaired) electrons. The summed E-state index contributed by atoms with van der Waals surface area (Å²) in [7, 11) is 0. The van der Waals surface area contributed by atoms with Gasteiger partial charge in [0.15, 0.2) is 0 Å². The first kappa shape index (κ1) is 70.3. The molecule has 0 fully saturated rings. The van der Waals surface area contributed by atoms with Crippen LogP contribution in [0.2, 0.25) is 0 Å². The van der Waals surface area contributed by atoms with Crippen molar-refractivity contribution in [3.05, 3.63) is 24.3 Å². The summed E-state index contributed by atoms with van der Waals surface area (Å²) in [6, 6.07) is -0.544. The number of esters is 1. The molecule has 2 unspecified atom stereocenters. The number of hydrogen-bond acceptors (Lipinski definition) is 5. The molecule has 0 saturated carbocycles. The SMILES string of the molecule is CCCCCCCCCCCCCCCCCCC(O)C(CO)NC(=O)CCCCCCCCCCCCC/C=C\C/C=C\CCCCCCCCCCCOC(=O)CCCCCCCCCCCCCC. The Labute approximate surface area is 450 Å². The van der Waals surface area contributed by atoms with Crippen LogP contribution in [0.25, 0.3) is 0 Å². The zero-order valence-electron chi connectivity index (χ0n) is 48.7. The van der Waals surface area contributed by atoms with E-state index in [9.17, 15) is 19.8 Å². The number of allylic oxidation sites excluding steroid dienone is 4. The third-order valence-electron chi connectivity index (χ3n) is 15.3. The normalized spacial score (nSPS) is 12.7. The van der Waals surface area contributed by atoms with Crippen LogP contribution in [0.15, 0.2) is 24.3 Å². The molecule has 3 N–H and O–H groups in total. The summed E-state index contributed by atoms with van der Waals surface area (Å²) < 4.78 is 5.47. The Hall–Kier alpha value is -1.66. The minimum atomic E-state index is -0.666. The van der Waals surface area contributed by atoms with Crippen LogP contribution in [0.5, 0.6) is 0 Å². The smallest absolute Gasteiger partial charge is 0.305 e. The Balaban J connectivity index is 3.41. The number of unbranched alkanes of at least 4 members (excludes halogenated alkanes) is 46. The first-order valence-electron chi connectivity index (χ1n) is 32.6. The van der Waals surface area contributed by atoms with E-state index in [1.807, 2.05) is 0 Å². The monoisotopic (exact) mass is 1010 g/mol. The van der Waals surface area contributed by atoms with Gasteiger partial charge in [-0.1, -0.05) is 314 Å². The van der Waals surface area contributed by atoms with Gasteiger partial charge in [-0.15, -0.1) is 0 Å². The molecule has 0 bridgehead atoms. The molecule has 426 valence electrons. The summed E-state index contributed by atoms with van der Waals surface area (Å²) in [5.41, 5.74) is 0. The van der Waals surface area contributed by atoms with E-state index in [-0.39, 0.29) is 18.5 Å². The van der Waals surface area contributed by atoms with E-state index in [1.165, 1.54) is 283 Å². The molecular weight excluding hydrogens is 887 g/mol. The molecule has 0 aliphatic heterocycles. The van der Waals surface area contributed by atoms with Crippen molar-refractivity contribution in [3.63, 3.8) is 0 Å². The van der Waals surface area contributed by atoms with Crippen LogP contribution in [0, 0.1) is 0 Å². The molecule has 0 rings (SSSR count). The summed E-state index contributed by atoms with van der Waals surface area (Å²) in [4.78, 5) is 24.5. The first-order chi connectivity index (χ1) is 35.5. The molecule has 6 nitrogen and oxygen atoms in total. The maximum atomic E-state index is 12.5. The highest BCUT2D eigenvalue weighted by atomic mass is 16.5. The highest BCUT2D eigenvalue weighted by Crippen LogP contribution is 2.18. The van der Waals surface area contributed by atoms with Crippen molar-refractivity contribution < 1.29 is 24.5 Å². The fourth-order valence-corrected chi connectivity index (χ4v) is 10.3. The Bertz CT molecular complexity index is 1120. The summed E-state index contributed by atoms with van der Waals surface area (Å²) in [5, 5.41) is 23.3. The van der Waals surface area contributed by atoms with Gasteiger partial charge in [0.05, 0.1) is 25.4 Å². The summed E-state index contributed by atoms with van der Waals surface area (Å²) >= 11 is 0. The largest absolute Gasteiger partial charge is 0.466 e. The van der Waals surface area contributed by atoms with Crippen LogP contribution < -0.4 is 5.32 Å². The number of amides is 1. The van der Waals surface area contributed by atoms with Gasteiger partial charge < -0.3 is 20.3 Å². The number of nitrogens with one attached hydrogen (secondary N) is 1. The van der Waals surface area contributed by atoms with Crippen LogP contribution in [0.1, 0.15) is 361 Å². The van der Waals surface area contributed by atoms with E-state index >= 15 is 0 Å². The number of carbonyl (C=O) groups excluding carboxylic acids is 2. The summed E-state index contributed by atoms with van der Waals surface area (Å²) in [5.74, 6) is -0.0238. The summed E-state index contributed by atoms with van der Waals surface area (Å²) in [6.45, 7) is 4.97. The second kappa shape index (κ2) is 61.9.